The largest absolute Gasteiger partial charge is 0.456 e. The Balaban J connectivity index is 2.38. The number of ether oxygens (including phenoxy) is 2. The molecule has 1 unspecified atom stereocenters. The van der Waals surface area contributed by atoms with Crippen molar-refractivity contribution < 1.29 is 14.3 Å². The second-order valence-corrected chi connectivity index (χ2v) is 5.78. The van der Waals surface area contributed by atoms with Crippen LogP contribution in [0.3, 0.4) is 0 Å². The van der Waals surface area contributed by atoms with Gasteiger partial charge in [0.15, 0.2) is 0 Å². The highest BCUT2D eigenvalue weighted by atomic mass is 32.1. The van der Waals surface area contributed by atoms with Crippen LogP contribution in [-0.2, 0) is 9.47 Å². The van der Waals surface area contributed by atoms with E-state index in [1.807, 2.05) is 19.9 Å². The lowest BCUT2D eigenvalue weighted by atomic mass is 10.1. The smallest absolute Gasteiger partial charge is 0.350 e. The Kier molecular flexibility index (Phi) is 4.25. The van der Waals surface area contributed by atoms with Gasteiger partial charge in [-0.15, -0.1) is 11.3 Å². The molecule has 0 bridgehead atoms. The first kappa shape index (κ1) is 14.7. The van der Waals surface area contributed by atoms with E-state index in [2.05, 4.69) is 4.98 Å². The number of esters is 1. The van der Waals surface area contributed by atoms with E-state index in [0.29, 0.717) is 17.2 Å². The van der Waals surface area contributed by atoms with Crippen LogP contribution in [0.4, 0.5) is 5.69 Å². The summed E-state index contributed by atoms with van der Waals surface area (Å²) in [6.45, 7) is 6.01. The van der Waals surface area contributed by atoms with Crippen molar-refractivity contribution in [2.24, 2.45) is 0 Å². The number of rotatable bonds is 4. The van der Waals surface area contributed by atoms with E-state index >= 15 is 0 Å². The molecule has 20 heavy (non-hydrogen) atoms. The first-order chi connectivity index (χ1) is 9.43. The fourth-order valence-electron chi connectivity index (χ4n) is 2.13. The number of thiophene rings is 1. The quantitative estimate of drug-likeness (QED) is 0.877. The molecule has 0 aliphatic heterocycles. The monoisotopic (exact) mass is 294 g/mol. The third-order valence-corrected chi connectivity index (χ3v) is 4.00. The first-order valence-corrected chi connectivity index (χ1v) is 7.11. The molecule has 2 N–H and O–H groups in total. The highest BCUT2D eigenvalue weighted by Crippen LogP contribution is 2.35. The zero-order chi connectivity index (χ0) is 14.9. The van der Waals surface area contributed by atoms with Gasteiger partial charge in [-0.3, -0.25) is 0 Å². The van der Waals surface area contributed by atoms with Crippen LogP contribution in [0.25, 0.3) is 10.2 Å². The number of carbonyl (C=O) groups is 1. The molecule has 2 heterocycles. The number of aromatic nitrogens is 1. The van der Waals surface area contributed by atoms with Gasteiger partial charge in [-0.2, -0.15) is 0 Å². The molecule has 0 aliphatic rings. The zero-order valence-electron chi connectivity index (χ0n) is 12.0. The fraction of sp³-hybridized carbons (Fsp3) is 0.429. The summed E-state index contributed by atoms with van der Waals surface area (Å²) < 4.78 is 10.2. The second-order valence-electron chi connectivity index (χ2n) is 4.78. The predicted octanol–water partition coefficient (Wildman–Crippen LogP) is 2.69. The molecule has 0 aromatic carbocycles. The van der Waals surface area contributed by atoms with Crippen LogP contribution in [-0.4, -0.2) is 30.8 Å². The molecule has 0 saturated carbocycles. The number of methoxy groups -OCH3 is 1. The van der Waals surface area contributed by atoms with Crippen molar-refractivity contribution in [1.29, 1.82) is 0 Å². The highest BCUT2D eigenvalue weighted by molar-refractivity contribution is 7.21. The van der Waals surface area contributed by atoms with Gasteiger partial charge in [-0.25, -0.2) is 9.78 Å². The third kappa shape index (κ3) is 2.76. The fourth-order valence-corrected chi connectivity index (χ4v) is 3.23. The minimum absolute atomic E-state index is 0.312. The zero-order valence-corrected chi connectivity index (χ0v) is 12.8. The Morgan fingerprint density at radius 3 is 2.85 bits per heavy atom. The van der Waals surface area contributed by atoms with Crippen LogP contribution in [0, 0.1) is 13.8 Å². The van der Waals surface area contributed by atoms with Gasteiger partial charge >= 0.3 is 5.97 Å². The Morgan fingerprint density at radius 2 is 2.20 bits per heavy atom. The summed E-state index contributed by atoms with van der Waals surface area (Å²) in [6, 6.07) is 1.95. The molecule has 0 saturated heterocycles. The number of hydrogen-bond donors (Lipinski definition) is 1. The molecule has 2 rings (SSSR count). The van der Waals surface area contributed by atoms with Gasteiger partial charge in [0.2, 0.25) is 0 Å². The van der Waals surface area contributed by atoms with Crippen LogP contribution >= 0.6 is 11.3 Å². The summed E-state index contributed by atoms with van der Waals surface area (Å²) in [6.07, 6.45) is -0.312. The molecule has 0 fully saturated rings. The van der Waals surface area contributed by atoms with Gasteiger partial charge in [0.25, 0.3) is 0 Å². The van der Waals surface area contributed by atoms with Crippen LogP contribution in [0.5, 0.6) is 0 Å². The molecule has 2 aromatic heterocycles. The average Bonchev–Trinajstić information content (AvgIpc) is 2.66. The molecule has 0 radical (unpaired) electrons. The van der Waals surface area contributed by atoms with Crippen LogP contribution < -0.4 is 5.73 Å². The lowest BCUT2D eigenvalue weighted by molar-refractivity contribution is 0.0126. The Bertz CT molecular complexity index is 651. The van der Waals surface area contributed by atoms with Crippen LogP contribution in [0.2, 0.25) is 0 Å². The molecule has 108 valence electrons. The minimum Gasteiger partial charge on any atom is -0.456 e. The van der Waals surface area contributed by atoms with E-state index in [9.17, 15) is 4.79 Å². The second kappa shape index (κ2) is 5.76. The number of nitrogens with zero attached hydrogens (tertiary/aromatic N) is 1. The van der Waals surface area contributed by atoms with Crippen molar-refractivity contribution in [3.63, 3.8) is 0 Å². The summed E-state index contributed by atoms with van der Waals surface area (Å²) >= 11 is 1.27. The Morgan fingerprint density at radius 1 is 1.50 bits per heavy atom. The normalized spacial score (nSPS) is 12.6. The van der Waals surface area contributed by atoms with Crippen molar-refractivity contribution in [1.82, 2.24) is 4.98 Å². The van der Waals surface area contributed by atoms with Gasteiger partial charge in [0.1, 0.15) is 15.8 Å². The summed E-state index contributed by atoms with van der Waals surface area (Å²) in [5.41, 5.74) is 8.45. The number of fused-ring (bicyclic) bond motifs is 1. The molecule has 6 heteroatoms. The van der Waals surface area contributed by atoms with E-state index in [1.165, 1.54) is 11.3 Å². The molecule has 2 aromatic rings. The maximum Gasteiger partial charge on any atom is 0.350 e. The van der Waals surface area contributed by atoms with Gasteiger partial charge in [-0.05, 0) is 32.4 Å². The Labute approximate surface area is 121 Å². The number of nitrogen functional groups attached to an aromatic ring is 1. The SMILES string of the molecule is COCC(C)OC(=O)c1sc2nc(C)cc(C)c2c1N. The van der Waals surface area contributed by atoms with Crippen LogP contribution in [0.15, 0.2) is 6.07 Å². The van der Waals surface area contributed by atoms with Gasteiger partial charge in [0.05, 0.1) is 12.3 Å². The first-order valence-electron chi connectivity index (χ1n) is 6.30. The number of anilines is 1. The van der Waals surface area contributed by atoms with E-state index < -0.39 is 5.97 Å². The van der Waals surface area contributed by atoms with Crippen molar-refractivity contribution in [2.75, 3.05) is 19.5 Å². The molecular weight excluding hydrogens is 276 g/mol. The summed E-state index contributed by atoms with van der Waals surface area (Å²) in [7, 11) is 1.56. The van der Waals surface area contributed by atoms with Gasteiger partial charge < -0.3 is 15.2 Å². The van der Waals surface area contributed by atoms with E-state index in [1.54, 1.807) is 14.0 Å². The van der Waals surface area contributed by atoms with E-state index in [0.717, 1.165) is 21.5 Å². The predicted molar refractivity (Wildman–Crippen MR) is 80.3 cm³/mol. The van der Waals surface area contributed by atoms with Crippen molar-refractivity contribution in [3.05, 3.63) is 22.2 Å². The van der Waals surface area contributed by atoms with Crippen molar-refractivity contribution >= 4 is 33.2 Å². The summed E-state index contributed by atoms with van der Waals surface area (Å²) in [4.78, 5) is 17.7. The maximum absolute atomic E-state index is 12.1. The lowest BCUT2D eigenvalue weighted by Gasteiger charge is -2.11. The molecular formula is C14H18N2O3S. The summed E-state index contributed by atoms with van der Waals surface area (Å²) in [5, 5.41) is 0.840. The molecule has 5 nitrogen and oxygen atoms in total. The molecule has 1 atom stereocenters. The summed E-state index contributed by atoms with van der Waals surface area (Å²) in [5.74, 6) is -0.424. The molecule has 0 spiro atoms. The number of nitrogens with two attached hydrogens (primary N) is 1. The highest BCUT2D eigenvalue weighted by Gasteiger charge is 2.21. The lowest BCUT2D eigenvalue weighted by Crippen LogP contribution is -2.19. The van der Waals surface area contributed by atoms with Crippen molar-refractivity contribution in [2.45, 2.75) is 26.9 Å². The molecule has 0 amide bonds. The van der Waals surface area contributed by atoms with E-state index in [4.69, 9.17) is 15.2 Å². The Hall–Kier alpha value is -1.66. The minimum atomic E-state index is -0.424. The van der Waals surface area contributed by atoms with E-state index in [-0.39, 0.29) is 6.10 Å². The topological polar surface area (TPSA) is 74.4 Å². The number of carbonyl (C=O) groups excluding carboxylic acids is 1. The van der Waals surface area contributed by atoms with Crippen LogP contribution in [0.1, 0.15) is 27.9 Å². The van der Waals surface area contributed by atoms with Gasteiger partial charge in [-0.1, -0.05) is 0 Å². The van der Waals surface area contributed by atoms with Crippen molar-refractivity contribution in [3.8, 4) is 0 Å². The number of aryl methyl sites for hydroxylation is 2. The number of hydrogen-bond acceptors (Lipinski definition) is 6. The molecule has 0 aliphatic carbocycles. The average molecular weight is 294 g/mol. The number of pyridine rings is 1. The van der Waals surface area contributed by atoms with Gasteiger partial charge in [0, 0.05) is 18.2 Å². The standard InChI is InChI=1S/C14H18N2O3S/c1-7-5-8(2)16-13-10(7)11(15)12(20-13)14(17)19-9(3)6-18-4/h5,9H,6,15H2,1-4H3. The maximum atomic E-state index is 12.1. The third-order valence-electron chi connectivity index (χ3n) is 2.92.